The van der Waals surface area contributed by atoms with E-state index in [2.05, 4.69) is 211 Å². The number of hydrogen-bond acceptors (Lipinski definition) is 0. The van der Waals surface area contributed by atoms with E-state index in [1.54, 1.807) is 0 Å². The molecule has 0 fully saturated rings. The second kappa shape index (κ2) is 12.3. The van der Waals surface area contributed by atoms with Crippen LogP contribution in [0.25, 0.3) is 131 Å². The zero-order chi connectivity index (χ0) is 41.8. The van der Waals surface area contributed by atoms with Crippen LogP contribution in [0.15, 0.2) is 170 Å². The van der Waals surface area contributed by atoms with Crippen molar-refractivity contribution in [2.24, 2.45) is 0 Å². The minimum atomic E-state index is 0.0197. The molecule has 0 aromatic heterocycles. The van der Waals surface area contributed by atoms with Crippen molar-refractivity contribution in [3.63, 3.8) is 0 Å². The van der Waals surface area contributed by atoms with Crippen LogP contribution in [-0.2, 0) is 10.8 Å². The topological polar surface area (TPSA) is 0 Å². The molecule has 294 valence electrons. The Hall–Kier alpha value is -7.02. The van der Waals surface area contributed by atoms with E-state index in [1.165, 1.54) is 142 Å². The molecule has 0 atom stereocenters. The van der Waals surface area contributed by atoms with Crippen molar-refractivity contribution in [1.29, 1.82) is 0 Å². The molecule has 0 saturated carbocycles. The predicted molar refractivity (Wildman–Crippen MR) is 270 cm³/mol. The molecule has 0 heteroatoms. The third-order valence-corrected chi connectivity index (χ3v) is 14.4. The Labute approximate surface area is 362 Å². The van der Waals surface area contributed by atoms with E-state index in [0.29, 0.717) is 0 Å². The van der Waals surface area contributed by atoms with Gasteiger partial charge in [0.25, 0.3) is 0 Å². The normalized spacial score (nSPS) is 13.0. The summed E-state index contributed by atoms with van der Waals surface area (Å²) in [6.07, 6.45) is 0. The third kappa shape index (κ3) is 4.73. The molecule has 0 unspecified atom stereocenters. The van der Waals surface area contributed by atoms with Crippen molar-refractivity contribution in [2.45, 2.75) is 52.4 Å². The van der Waals surface area contributed by atoms with Gasteiger partial charge in [0.2, 0.25) is 0 Å². The van der Waals surface area contributed by atoms with Crippen LogP contribution in [0.2, 0.25) is 0 Å². The maximum atomic E-state index is 2.56. The molecule has 12 aromatic carbocycles. The average Bonchev–Trinajstić information content (AvgIpc) is 3.60. The first-order valence-corrected chi connectivity index (χ1v) is 22.3. The molecular weight excluding hydrogens is 745 g/mol. The van der Waals surface area contributed by atoms with Crippen molar-refractivity contribution in [3.8, 4) is 44.5 Å². The fraction of sp³-hybridized carbons (Fsp3) is 0.129. The van der Waals surface area contributed by atoms with Crippen LogP contribution in [0.3, 0.4) is 0 Å². The molecule has 0 spiro atoms. The van der Waals surface area contributed by atoms with E-state index >= 15 is 0 Å². The van der Waals surface area contributed by atoms with E-state index in [4.69, 9.17) is 0 Å². The van der Waals surface area contributed by atoms with Crippen LogP contribution >= 0.6 is 0 Å². The molecule has 13 rings (SSSR count). The molecule has 0 bridgehead atoms. The SMILES string of the molecule is CC(C)(C)c1ccc2c(c1)c1ccccc1c1c(-c3ccccc3)c3cc4c(cc3c(-c3ccccc3)c21)-c1ccc2c3cccc5c(C(C)(C)C)ccc(c6ccc-4c1c26)c53. The van der Waals surface area contributed by atoms with Gasteiger partial charge >= 0.3 is 0 Å². The molecule has 1 aliphatic carbocycles. The number of rotatable bonds is 2. The predicted octanol–water partition coefficient (Wildman–Crippen LogP) is 17.9. The van der Waals surface area contributed by atoms with Gasteiger partial charge in [0.05, 0.1) is 0 Å². The maximum absolute atomic E-state index is 2.56. The zero-order valence-electron chi connectivity index (χ0n) is 36.2. The first-order valence-electron chi connectivity index (χ1n) is 22.3. The van der Waals surface area contributed by atoms with Gasteiger partial charge in [0, 0.05) is 0 Å². The highest BCUT2D eigenvalue weighted by Gasteiger charge is 2.30. The van der Waals surface area contributed by atoms with Gasteiger partial charge in [0.1, 0.15) is 0 Å². The molecule has 0 aliphatic heterocycles. The third-order valence-electron chi connectivity index (χ3n) is 14.4. The molecule has 0 heterocycles. The van der Waals surface area contributed by atoms with Crippen LogP contribution < -0.4 is 0 Å². The summed E-state index contributed by atoms with van der Waals surface area (Å²) in [5.74, 6) is 0. The Morgan fingerprint density at radius 2 is 0.710 bits per heavy atom. The smallest absolute Gasteiger partial charge is 0.000763 e. The lowest BCUT2D eigenvalue weighted by Gasteiger charge is -2.24. The standard InChI is InChI=1S/C62H46/c1-61(2,3)37-24-25-46-48(32-37)38-20-13-14-21-39(38)59-54(35-16-9-7-10-17-35)51-33-49-45-29-27-43-41-30-31-53(62(4,5)6)47-23-15-22-40(56(41)47)42-26-28-44(58(45)57(42)43)50(49)34-52(51)55(60(46)59)36-18-11-8-12-19-36/h7-34H,1-6H3. The Kier molecular flexibility index (Phi) is 7.09. The van der Waals surface area contributed by atoms with Crippen LogP contribution in [0.4, 0.5) is 0 Å². The first kappa shape index (κ1) is 35.7. The Balaban J connectivity index is 1.23. The molecule has 0 nitrogen and oxygen atoms in total. The highest BCUT2D eigenvalue weighted by molar-refractivity contribution is 6.40. The number of hydrogen-bond donors (Lipinski definition) is 0. The molecule has 0 saturated heterocycles. The highest BCUT2D eigenvalue weighted by atomic mass is 14.3. The summed E-state index contributed by atoms with van der Waals surface area (Å²) in [6.45, 7) is 14.0. The summed E-state index contributed by atoms with van der Waals surface area (Å²) in [5.41, 5.74) is 13.2. The monoisotopic (exact) mass is 790 g/mol. The van der Waals surface area contributed by atoms with E-state index in [1.807, 2.05) is 0 Å². The first-order chi connectivity index (χ1) is 30.1. The molecule has 62 heavy (non-hydrogen) atoms. The molecule has 0 N–H and O–H groups in total. The lowest BCUT2D eigenvalue weighted by molar-refractivity contribution is 0.591. The minimum absolute atomic E-state index is 0.0197. The average molecular weight is 791 g/mol. The van der Waals surface area contributed by atoms with Gasteiger partial charge in [-0.1, -0.05) is 193 Å². The van der Waals surface area contributed by atoms with Gasteiger partial charge < -0.3 is 0 Å². The van der Waals surface area contributed by atoms with Crippen molar-refractivity contribution >= 4 is 86.2 Å². The largest absolute Gasteiger partial charge is 0.0622 e. The van der Waals surface area contributed by atoms with Gasteiger partial charge in [-0.3, -0.25) is 0 Å². The van der Waals surface area contributed by atoms with Crippen molar-refractivity contribution in [1.82, 2.24) is 0 Å². The van der Waals surface area contributed by atoms with Crippen molar-refractivity contribution in [3.05, 3.63) is 181 Å². The molecule has 0 amide bonds. The minimum Gasteiger partial charge on any atom is -0.0622 e. The summed E-state index contributed by atoms with van der Waals surface area (Å²) in [7, 11) is 0. The van der Waals surface area contributed by atoms with Gasteiger partial charge in [-0.15, -0.1) is 0 Å². The summed E-state index contributed by atoms with van der Waals surface area (Å²) >= 11 is 0. The summed E-state index contributed by atoms with van der Waals surface area (Å²) in [4.78, 5) is 0. The molecule has 12 aromatic rings. The number of benzene rings is 12. The van der Waals surface area contributed by atoms with Crippen LogP contribution in [-0.4, -0.2) is 0 Å². The Bertz CT molecular complexity index is 3870. The van der Waals surface area contributed by atoms with E-state index < -0.39 is 0 Å². The van der Waals surface area contributed by atoms with Crippen molar-refractivity contribution in [2.75, 3.05) is 0 Å². The molecule has 0 radical (unpaired) electrons. The zero-order valence-corrected chi connectivity index (χ0v) is 36.2. The number of fused-ring (bicyclic) bond motifs is 12. The lowest BCUT2D eigenvalue weighted by Crippen LogP contribution is -2.11. The van der Waals surface area contributed by atoms with Crippen LogP contribution in [0.1, 0.15) is 52.7 Å². The van der Waals surface area contributed by atoms with Crippen LogP contribution in [0, 0.1) is 0 Å². The van der Waals surface area contributed by atoms with E-state index in [-0.39, 0.29) is 10.8 Å². The quantitative estimate of drug-likeness (QED) is 0.121. The van der Waals surface area contributed by atoms with Gasteiger partial charge in [-0.05, 0) is 171 Å². The fourth-order valence-electron chi connectivity index (χ4n) is 11.6. The lowest BCUT2D eigenvalue weighted by atomic mass is 9.79. The Morgan fingerprint density at radius 1 is 0.258 bits per heavy atom. The second-order valence-electron chi connectivity index (χ2n) is 19.9. The van der Waals surface area contributed by atoms with Gasteiger partial charge in [0.15, 0.2) is 0 Å². The molecule has 1 aliphatic rings. The molecular formula is C62H46. The van der Waals surface area contributed by atoms with E-state index in [0.717, 1.165) is 0 Å². The van der Waals surface area contributed by atoms with E-state index in [9.17, 15) is 0 Å². The Morgan fingerprint density at radius 3 is 1.29 bits per heavy atom. The van der Waals surface area contributed by atoms with Gasteiger partial charge in [-0.2, -0.15) is 0 Å². The van der Waals surface area contributed by atoms with Crippen LogP contribution in [0.5, 0.6) is 0 Å². The summed E-state index contributed by atoms with van der Waals surface area (Å²) in [5, 5.41) is 21.3. The second-order valence-corrected chi connectivity index (χ2v) is 19.9. The maximum Gasteiger partial charge on any atom is -0.000763 e. The summed E-state index contributed by atoms with van der Waals surface area (Å²) in [6, 6.07) is 65.3. The van der Waals surface area contributed by atoms with Gasteiger partial charge in [-0.25, -0.2) is 0 Å². The van der Waals surface area contributed by atoms with Crippen molar-refractivity contribution < 1.29 is 0 Å². The summed E-state index contributed by atoms with van der Waals surface area (Å²) < 4.78 is 0. The fourth-order valence-corrected chi connectivity index (χ4v) is 11.6. The highest BCUT2D eigenvalue weighted by Crippen LogP contribution is 2.57.